The second kappa shape index (κ2) is 12.2. The zero-order chi connectivity index (χ0) is 25.8. The summed E-state index contributed by atoms with van der Waals surface area (Å²) in [4.78, 5) is 32.7. The van der Waals surface area contributed by atoms with Crippen LogP contribution >= 0.6 is 23.1 Å². The number of thioether (sulfide) groups is 1. The first-order chi connectivity index (χ1) is 16.7. The van der Waals surface area contributed by atoms with Gasteiger partial charge in [-0.15, -0.1) is 11.3 Å². The van der Waals surface area contributed by atoms with Gasteiger partial charge >= 0.3 is 5.97 Å². The van der Waals surface area contributed by atoms with E-state index in [0.717, 1.165) is 28.7 Å². The summed E-state index contributed by atoms with van der Waals surface area (Å²) in [6.45, 7) is 11.0. The van der Waals surface area contributed by atoms with Crippen LogP contribution in [0.5, 0.6) is 0 Å². The molecule has 0 spiro atoms. The Labute approximate surface area is 216 Å². The molecule has 11 heteroatoms. The standard InChI is InChI=1S/C24H36N2O6S2Si/c1-6-35(7-2,8-3)32-16(5)19-20-15(4)22(21(24(29)30)26(20)23(19)28)33-12-9-18-17(25-14-34-18)13-31-11-10-27/h9,12,14-16,19-20,27H,6-8,10-11,13H2,1-5H3,(H,29,30)/b12-9-/t15-,16-,19-,20-/m1/s1. The molecule has 3 heterocycles. The van der Waals surface area contributed by atoms with E-state index in [1.807, 2.05) is 25.3 Å². The summed E-state index contributed by atoms with van der Waals surface area (Å²) in [5, 5.41) is 20.7. The van der Waals surface area contributed by atoms with Gasteiger partial charge in [0.2, 0.25) is 5.91 Å². The van der Waals surface area contributed by atoms with E-state index in [9.17, 15) is 14.7 Å². The minimum Gasteiger partial charge on any atom is -0.477 e. The number of aromatic nitrogens is 1. The molecule has 0 unspecified atom stereocenters. The molecule has 1 amide bonds. The number of amides is 1. The zero-order valence-corrected chi connectivity index (χ0v) is 23.7. The number of aliphatic hydroxyl groups excluding tert-OH is 1. The number of hydrogen-bond acceptors (Lipinski definition) is 8. The van der Waals surface area contributed by atoms with Gasteiger partial charge in [-0.3, -0.25) is 4.79 Å². The monoisotopic (exact) mass is 540 g/mol. The Morgan fingerprint density at radius 3 is 2.63 bits per heavy atom. The number of aliphatic hydroxyl groups is 1. The lowest BCUT2D eigenvalue weighted by Crippen LogP contribution is -2.65. The molecule has 1 fully saturated rings. The number of β-lactam (4-membered cyclic amide) rings is 1. The number of thiazole rings is 1. The first kappa shape index (κ1) is 28.1. The number of rotatable bonds is 14. The smallest absolute Gasteiger partial charge is 0.353 e. The van der Waals surface area contributed by atoms with Gasteiger partial charge in [-0.05, 0) is 36.5 Å². The molecule has 1 aromatic heterocycles. The molecule has 1 aromatic rings. The Morgan fingerprint density at radius 1 is 1.34 bits per heavy atom. The van der Waals surface area contributed by atoms with Crippen LogP contribution < -0.4 is 0 Å². The van der Waals surface area contributed by atoms with Crippen molar-refractivity contribution in [3.05, 3.63) is 32.1 Å². The number of carboxylic acid groups (broad SMARTS) is 1. The molecule has 2 N–H and O–H groups in total. The number of carbonyl (C=O) groups excluding carboxylic acids is 1. The molecular weight excluding hydrogens is 504 g/mol. The molecule has 0 bridgehead atoms. The molecule has 2 aliphatic heterocycles. The SMILES string of the molecule is CC[Si](CC)(CC)O[C@H](C)[C@H]1C(=O)N2C(C(=O)O)=C(S/C=C\c3scnc3COCCO)[C@H](C)[C@H]12. The third-order valence-electron chi connectivity index (χ3n) is 7.23. The van der Waals surface area contributed by atoms with Gasteiger partial charge in [0.05, 0.1) is 54.0 Å². The number of carboxylic acids is 1. The van der Waals surface area contributed by atoms with Crippen LogP contribution in [0.3, 0.4) is 0 Å². The van der Waals surface area contributed by atoms with Gasteiger partial charge in [-0.2, -0.15) is 0 Å². The number of hydrogen-bond donors (Lipinski definition) is 2. The van der Waals surface area contributed by atoms with Crippen molar-refractivity contribution >= 4 is 49.4 Å². The average Bonchev–Trinajstić information content (AvgIpc) is 3.38. The lowest BCUT2D eigenvalue weighted by Gasteiger charge is -2.49. The molecule has 0 aliphatic carbocycles. The van der Waals surface area contributed by atoms with E-state index in [4.69, 9.17) is 14.3 Å². The highest BCUT2D eigenvalue weighted by Crippen LogP contribution is 2.51. The van der Waals surface area contributed by atoms with Crippen molar-refractivity contribution in [1.82, 2.24) is 9.88 Å². The van der Waals surface area contributed by atoms with E-state index >= 15 is 0 Å². The van der Waals surface area contributed by atoms with Crippen molar-refractivity contribution < 1.29 is 29.0 Å². The fourth-order valence-electron chi connectivity index (χ4n) is 5.06. The first-order valence-electron chi connectivity index (χ1n) is 12.2. The van der Waals surface area contributed by atoms with E-state index < -0.39 is 14.3 Å². The van der Waals surface area contributed by atoms with Gasteiger partial charge in [-0.25, -0.2) is 9.78 Å². The number of aliphatic carboxylic acids is 1. The van der Waals surface area contributed by atoms with E-state index in [2.05, 4.69) is 25.8 Å². The molecule has 0 saturated carbocycles. The minimum absolute atomic E-state index is 0.0469. The van der Waals surface area contributed by atoms with Crippen LogP contribution in [0.25, 0.3) is 6.08 Å². The number of ether oxygens (including phenoxy) is 1. The third-order valence-corrected chi connectivity index (χ3v) is 13.9. The van der Waals surface area contributed by atoms with Crippen LogP contribution in [0.4, 0.5) is 0 Å². The van der Waals surface area contributed by atoms with Crippen LogP contribution in [0.1, 0.15) is 45.2 Å². The van der Waals surface area contributed by atoms with Crippen molar-refractivity contribution in [1.29, 1.82) is 0 Å². The molecule has 8 nitrogen and oxygen atoms in total. The zero-order valence-electron chi connectivity index (χ0n) is 21.0. The van der Waals surface area contributed by atoms with Crippen LogP contribution in [0.15, 0.2) is 21.5 Å². The Morgan fingerprint density at radius 2 is 2.03 bits per heavy atom. The van der Waals surface area contributed by atoms with Crippen molar-refractivity contribution in [2.75, 3.05) is 13.2 Å². The molecule has 4 atom stereocenters. The lowest BCUT2D eigenvalue weighted by atomic mass is 9.79. The minimum atomic E-state index is -1.89. The summed E-state index contributed by atoms with van der Waals surface area (Å²) in [5.74, 6) is -1.65. The Balaban J connectivity index is 1.75. The average molecular weight is 541 g/mol. The van der Waals surface area contributed by atoms with E-state index in [-0.39, 0.29) is 48.8 Å². The predicted octanol–water partition coefficient (Wildman–Crippen LogP) is 4.54. The molecule has 0 aromatic carbocycles. The highest BCUT2D eigenvalue weighted by molar-refractivity contribution is 8.06. The van der Waals surface area contributed by atoms with Crippen molar-refractivity contribution in [3.8, 4) is 0 Å². The number of carbonyl (C=O) groups is 2. The molecular formula is C24H36N2O6S2Si. The Bertz CT molecular complexity index is 969. The predicted molar refractivity (Wildman–Crippen MR) is 141 cm³/mol. The summed E-state index contributed by atoms with van der Waals surface area (Å²) < 4.78 is 12.0. The molecule has 35 heavy (non-hydrogen) atoms. The largest absolute Gasteiger partial charge is 0.477 e. The van der Waals surface area contributed by atoms with E-state index in [0.29, 0.717) is 11.5 Å². The summed E-state index contributed by atoms with van der Waals surface area (Å²) in [6, 6.07) is 2.82. The molecule has 0 radical (unpaired) electrons. The second-order valence-corrected chi connectivity index (χ2v) is 15.5. The molecule has 1 saturated heterocycles. The third kappa shape index (κ3) is 5.60. The highest BCUT2D eigenvalue weighted by Gasteiger charge is 2.60. The van der Waals surface area contributed by atoms with Gasteiger partial charge < -0.3 is 24.3 Å². The van der Waals surface area contributed by atoms with Gasteiger partial charge in [0.25, 0.3) is 0 Å². The van der Waals surface area contributed by atoms with Crippen LogP contribution in [0.2, 0.25) is 18.1 Å². The second-order valence-electron chi connectivity index (χ2n) is 8.96. The molecule has 2 aliphatic rings. The van der Waals surface area contributed by atoms with Crippen LogP contribution in [-0.4, -0.2) is 65.7 Å². The molecule has 194 valence electrons. The number of nitrogens with zero attached hydrogens (tertiary/aromatic N) is 2. The normalized spacial score (nSPS) is 23.2. The van der Waals surface area contributed by atoms with Crippen molar-refractivity contribution in [2.24, 2.45) is 11.8 Å². The summed E-state index contributed by atoms with van der Waals surface area (Å²) >= 11 is 2.81. The highest BCUT2D eigenvalue weighted by atomic mass is 32.2. The quantitative estimate of drug-likeness (QED) is 0.201. The van der Waals surface area contributed by atoms with E-state index in [1.54, 1.807) is 5.51 Å². The van der Waals surface area contributed by atoms with Crippen LogP contribution in [-0.2, 0) is 25.4 Å². The topological polar surface area (TPSA) is 109 Å². The Hall–Kier alpha value is -1.50. The van der Waals surface area contributed by atoms with Crippen molar-refractivity contribution in [2.45, 2.75) is 71.5 Å². The lowest BCUT2D eigenvalue weighted by molar-refractivity contribution is -0.162. The fourth-order valence-corrected chi connectivity index (χ4v) is 9.77. The van der Waals surface area contributed by atoms with Gasteiger partial charge in [0.1, 0.15) is 5.70 Å². The summed E-state index contributed by atoms with van der Waals surface area (Å²) in [5.41, 5.74) is 2.59. The maximum Gasteiger partial charge on any atom is 0.353 e. The first-order valence-corrected chi connectivity index (χ1v) is 16.5. The number of fused-ring (bicyclic) bond motifs is 1. The molecule has 3 rings (SSSR count). The van der Waals surface area contributed by atoms with Gasteiger partial charge in [0, 0.05) is 10.8 Å². The van der Waals surface area contributed by atoms with Crippen LogP contribution in [0, 0.1) is 11.8 Å². The summed E-state index contributed by atoms with van der Waals surface area (Å²) in [7, 11) is -1.89. The fraction of sp³-hybridized carbons (Fsp3) is 0.625. The summed E-state index contributed by atoms with van der Waals surface area (Å²) in [6.07, 6.45) is 1.66. The maximum atomic E-state index is 13.2. The Kier molecular flexibility index (Phi) is 9.75. The van der Waals surface area contributed by atoms with Crippen molar-refractivity contribution in [3.63, 3.8) is 0 Å². The van der Waals surface area contributed by atoms with Gasteiger partial charge in [-0.1, -0.05) is 39.5 Å². The van der Waals surface area contributed by atoms with Gasteiger partial charge in [0.15, 0.2) is 8.32 Å². The maximum absolute atomic E-state index is 13.2. The van der Waals surface area contributed by atoms with E-state index in [1.165, 1.54) is 28.0 Å².